The molecule has 0 unspecified atom stereocenters. The number of hydrazine groups is 1. The van der Waals surface area contributed by atoms with Crippen molar-refractivity contribution in [2.75, 3.05) is 17.1 Å². The molecule has 8 nitrogen and oxygen atoms in total. The smallest absolute Gasteiger partial charge is 0.269 e. The molecule has 0 atom stereocenters. The summed E-state index contributed by atoms with van der Waals surface area (Å²) >= 11 is 5.21. The number of rotatable bonds is 6. The van der Waals surface area contributed by atoms with E-state index in [1.54, 1.807) is 24.3 Å². The zero-order valence-corrected chi connectivity index (χ0v) is 19.9. The quantitative estimate of drug-likeness (QED) is 0.312. The number of amides is 1. The summed E-state index contributed by atoms with van der Waals surface area (Å²) < 4.78 is 33.0. The van der Waals surface area contributed by atoms with E-state index in [9.17, 15) is 13.2 Å². The fourth-order valence-electron chi connectivity index (χ4n) is 3.07. The van der Waals surface area contributed by atoms with Crippen LogP contribution in [0.4, 0.5) is 11.4 Å². The van der Waals surface area contributed by atoms with Crippen molar-refractivity contribution in [2.24, 2.45) is 0 Å². The van der Waals surface area contributed by atoms with Crippen LogP contribution in [-0.4, -0.2) is 26.5 Å². The molecule has 4 N–H and O–H groups in total. The monoisotopic (exact) mass is 484 g/mol. The van der Waals surface area contributed by atoms with E-state index in [2.05, 4.69) is 20.9 Å². The van der Waals surface area contributed by atoms with Crippen LogP contribution >= 0.6 is 12.2 Å². The number of carbonyl (C=O) groups excluding carboxylic acids is 1. The third kappa shape index (κ3) is 6.67. The van der Waals surface area contributed by atoms with Crippen molar-refractivity contribution < 1.29 is 17.9 Å². The number of nitrogens with one attached hydrogen (secondary N) is 4. The van der Waals surface area contributed by atoms with E-state index < -0.39 is 15.9 Å². The van der Waals surface area contributed by atoms with Crippen molar-refractivity contribution in [2.45, 2.75) is 18.7 Å². The molecule has 0 aliphatic carbocycles. The van der Waals surface area contributed by atoms with Gasteiger partial charge in [-0.15, -0.1) is 0 Å². The molecular weight excluding hydrogens is 460 g/mol. The van der Waals surface area contributed by atoms with Gasteiger partial charge in [0.2, 0.25) is 0 Å². The minimum atomic E-state index is -3.90. The van der Waals surface area contributed by atoms with E-state index in [4.69, 9.17) is 17.0 Å². The number of aryl methyl sites for hydroxylation is 2. The number of carbonyl (C=O) groups is 1. The molecule has 0 bridgehead atoms. The lowest BCUT2D eigenvalue weighted by Crippen LogP contribution is -2.43. The molecule has 3 rings (SSSR count). The first-order valence-corrected chi connectivity index (χ1v) is 11.8. The van der Waals surface area contributed by atoms with Crippen molar-refractivity contribution in [1.82, 2.24) is 10.9 Å². The number of hydrogen-bond donors (Lipinski definition) is 4. The first-order chi connectivity index (χ1) is 15.7. The van der Waals surface area contributed by atoms with Crippen LogP contribution in [0.15, 0.2) is 71.6 Å². The fraction of sp³-hybridized carbons (Fsp3) is 0.130. The summed E-state index contributed by atoms with van der Waals surface area (Å²) in [5.74, 6) is 0.0649. The Hall–Kier alpha value is -3.63. The largest absolute Gasteiger partial charge is 0.497 e. The first-order valence-electron chi connectivity index (χ1n) is 9.89. The summed E-state index contributed by atoms with van der Waals surface area (Å²) in [6.45, 7) is 3.95. The molecule has 33 heavy (non-hydrogen) atoms. The Bertz CT molecular complexity index is 1260. The van der Waals surface area contributed by atoms with Crippen molar-refractivity contribution in [3.05, 3.63) is 83.4 Å². The molecular formula is C23H24N4O4S2. The topological polar surface area (TPSA) is 109 Å². The highest BCUT2D eigenvalue weighted by Crippen LogP contribution is 2.20. The van der Waals surface area contributed by atoms with Gasteiger partial charge < -0.3 is 10.1 Å². The van der Waals surface area contributed by atoms with Crippen LogP contribution in [0.3, 0.4) is 0 Å². The van der Waals surface area contributed by atoms with Gasteiger partial charge in [-0.05, 0) is 91.8 Å². The SMILES string of the molecule is COc1ccc(NS(=O)(=O)c2cccc(C(=O)NNC(=S)Nc3cc(C)cc(C)c3)c2)cc1. The summed E-state index contributed by atoms with van der Waals surface area (Å²) in [6, 6.07) is 18.0. The van der Waals surface area contributed by atoms with E-state index in [1.165, 1.54) is 31.4 Å². The molecule has 0 saturated heterocycles. The predicted molar refractivity (Wildman–Crippen MR) is 133 cm³/mol. The summed E-state index contributed by atoms with van der Waals surface area (Å²) in [6.07, 6.45) is 0. The molecule has 3 aromatic carbocycles. The van der Waals surface area contributed by atoms with Crippen molar-refractivity contribution in [3.63, 3.8) is 0 Å². The molecule has 0 heterocycles. The standard InChI is InChI=1S/C23H24N4O4S2/c1-15-11-16(2)13-19(12-15)24-23(32)26-25-22(28)17-5-4-6-21(14-17)33(29,30)27-18-7-9-20(31-3)10-8-18/h4-14,27H,1-3H3,(H,25,28)(H2,24,26,32). The average molecular weight is 485 g/mol. The van der Waals surface area contributed by atoms with Crippen LogP contribution in [0.5, 0.6) is 5.75 Å². The van der Waals surface area contributed by atoms with Crippen molar-refractivity contribution in [3.8, 4) is 5.75 Å². The Morgan fingerprint density at radius 3 is 2.18 bits per heavy atom. The molecule has 0 saturated carbocycles. The lowest BCUT2D eigenvalue weighted by atomic mass is 10.1. The van der Waals surface area contributed by atoms with Crippen LogP contribution < -0.4 is 25.6 Å². The number of methoxy groups -OCH3 is 1. The van der Waals surface area contributed by atoms with E-state index in [0.717, 1.165) is 16.8 Å². The summed E-state index contributed by atoms with van der Waals surface area (Å²) in [7, 11) is -2.37. The van der Waals surface area contributed by atoms with E-state index in [1.807, 2.05) is 32.0 Å². The molecule has 0 aliphatic heterocycles. The van der Waals surface area contributed by atoms with Crippen molar-refractivity contribution in [1.29, 1.82) is 0 Å². The molecule has 0 fully saturated rings. The van der Waals surface area contributed by atoms with Crippen LogP contribution in [0.2, 0.25) is 0 Å². The maximum Gasteiger partial charge on any atom is 0.269 e. The van der Waals surface area contributed by atoms with E-state index in [0.29, 0.717) is 11.4 Å². The third-order valence-corrected chi connectivity index (χ3v) is 6.10. The molecule has 1 amide bonds. The lowest BCUT2D eigenvalue weighted by molar-refractivity contribution is 0.0944. The van der Waals surface area contributed by atoms with Gasteiger partial charge in [-0.1, -0.05) is 12.1 Å². The maximum absolute atomic E-state index is 12.7. The van der Waals surface area contributed by atoms with Gasteiger partial charge in [0.15, 0.2) is 5.11 Å². The zero-order chi connectivity index (χ0) is 24.0. The van der Waals surface area contributed by atoms with Gasteiger partial charge >= 0.3 is 0 Å². The Kier molecular flexibility index (Phi) is 7.52. The van der Waals surface area contributed by atoms with Gasteiger partial charge in [0, 0.05) is 16.9 Å². The van der Waals surface area contributed by atoms with Gasteiger partial charge in [0.05, 0.1) is 12.0 Å². The van der Waals surface area contributed by atoms with Gasteiger partial charge in [-0.2, -0.15) is 0 Å². The highest BCUT2D eigenvalue weighted by Gasteiger charge is 2.17. The number of benzene rings is 3. The molecule has 3 aromatic rings. The lowest BCUT2D eigenvalue weighted by Gasteiger charge is -2.13. The minimum Gasteiger partial charge on any atom is -0.497 e. The maximum atomic E-state index is 12.7. The Morgan fingerprint density at radius 2 is 1.55 bits per heavy atom. The van der Waals surface area contributed by atoms with Gasteiger partial charge in [0.25, 0.3) is 15.9 Å². The van der Waals surface area contributed by atoms with Crippen LogP contribution in [0.25, 0.3) is 0 Å². The molecule has 0 radical (unpaired) electrons. The number of thiocarbonyl (C=S) groups is 1. The number of sulfonamides is 1. The molecule has 0 spiro atoms. The zero-order valence-electron chi connectivity index (χ0n) is 18.3. The van der Waals surface area contributed by atoms with Crippen LogP contribution in [0, 0.1) is 13.8 Å². The second-order valence-corrected chi connectivity index (χ2v) is 9.36. The van der Waals surface area contributed by atoms with E-state index >= 15 is 0 Å². The number of anilines is 2. The molecule has 10 heteroatoms. The first kappa shape index (κ1) is 24.0. The number of ether oxygens (including phenoxy) is 1. The summed E-state index contributed by atoms with van der Waals surface area (Å²) in [5.41, 5.74) is 8.54. The summed E-state index contributed by atoms with van der Waals surface area (Å²) in [4.78, 5) is 12.5. The fourth-order valence-corrected chi connectivity index (χ4v) is 4.35. The van der Waals surface area contributed by atoms with Gasteiger partial charge in [-0.25, -0.2) is 8.42 Å². The molecule has 172 valence electrons. The van der Waals surface area contributed by atoms with Gasteiger partial charge in [-0.3, -0.25) is 20.4 Å². The Morgan fingerprint density at radius 1 is 0.879 bits per heavy atom. The highest BCUT2D eigenvalue weighted by molar-refractivity contribution is 7.92. The molecule has 0 aromatic heterocycles. The third-order valence-electron chi connectivity index (χ3n) is 4.52. The Labute approximate surface area is 198 Å². The van der Waals surface area contributed by atoms with E-state index in [-0.39, 0.29) is 15.6 Å². The average Bonchev–Trinajstić information content (AvgIpc) is 2.77. The minimum absolute atomic E-state index is 0.0538. The van der Waals surface area contributed by atoms with Crippen molar-refractivity contribution >= 4 is 44.6 Å². The second kappa shape index (κ2) is 10.3. The Balaban J connectivity index is 1.64. The number of hydrogen-bond acceptors (Lipinski definition) is 5. The molecule has 0 aliphatic rings. The summed E-state index contributed by atoms with van der Waals surface area (Å²) in [5, 5.41) is 3.19. The van der Waals surface area contributed by atoms with Crippen LogP contribution in [-0.2, 0) is 10.0 Å². The van der Waals surface area contributed by atoms with Gasteiger partial charge in [0.1, 0.15) is 5.75 Å². The normalized spacial score (nSPS) is 10.8. The van der Waals surface area contributed by atoms with Crippen LogP contribution in [0.1, 0.15) is 21.5 Å². The second-order valence-electron chi connectivity index (χ2n) is 7.27. The predicted octanol–water partition coefficient (Wildman–Crippen LogP) is 3.74. The highest BCUT2D eigenvalue weighted by atomic mass is 32.2.